The first-order chi connectivity index (χ1) is 15.7. The third kappa shape index (κ3) is 3.48. The maximum absolute atomic E-state index is 7.52. The quantitative estimate of drug-likeness (QED) is 0.446. The van der Waals surface area contributed by atoms with E-state index in [9.17, 15) is 0 Å². The Kier molecular flexibility index (Phi) is 5.88. The number of methoxy groups -OCH3 is 1. The molecule has 4 bridgehead atoms. The molecule has 5 atom stereocenters. The molecule has 1 aromatic heterocycles. The van der Waals surface area contributed by atoms with Crippen molar-refractivity contribution < 1.29 is 13.9 Å². The maximum Gasteiger partial charge on any atom is 0.204 e. The molecule has 6 heterocycles. The van der Waals surface area contributed by atoms with Gasteiger partial charge in [-0.3, -0.25) is 9.88 Å². The zero-order valence-electron chi connectivity index (χ0n) is 21.3. The van der Waals surface area contributed by atoms with Gasteiger partial charge in [0.2, 0.25) is 8.32 Å². The van der Waals surface area contributed by atoms with Gasteiger partial charge in [0.25, 0.3) is 0 Å². The van der Waals surface area contributed by atoms with Crippen LogP contribution in [-0.4, -0.2) is 50.2 Å². The minimum absolute atomic E-state index is 0.00825. The lowest BCUT2D eigenvalue weighted by molar-refractivity contribution is -0.353. The first-order valence-corrected chi connectivity index (χ1v) is 14.9. The molecule has 5 aliphatic rings. The normalized spacial score (nSPS) is 31.3. The average Bonchev–Trinajstić information content (AvgIpc) is 2.81. The highest BCUT2D eigenvalue weighted by Crippen LogP contribution is 2.57. The largest absolute Gasteiger partial charge is 0.497 e. The fourth-order valence-corrected chi connectivity index (χ4v) is 13.0. The Labute approximate surface area is 199 Å². The van der Waals surface area contributed by atoms with E-state index in [4.69, 9.17) is 13.9 Å². The number of morpholine rings is 1. The van der Waals surface area contributed by atoms with Gasteiger partial charge in [-0.2, -0.15) is 0 Å². The van der Waals surface area contributed by atoms with Crippen LogP contribution in [0.1, 0.15) is 66.1 Å². The standard InChI is InChI=1S/C27H40N2O3Si/c1-17(2)33(18(3)4,19(5)6)32-27-16-29-13-11-20(27)14-25(29)26(31-27)22-10-12-28-24-9-8-21(30-7)15-23(22)24/h8-10,12,15,17-20,25-26H,11,13-14,16H2,1-7H3/t20-,25+,26-,27+/m0/s1. The fraction of sp³-hybridized carbons (Fsp3) is 0.667. The van der Waals surface area contributed by atoms with Gasteiger partial charge in [-0.1, -0.05) is 41.5 Å². The Morgan fingerprint density at radius 3 is 2.42 bits per heavy atom. The van der Waals surface area contributed by atoms with E-state index < -0.39 is 14.1 Å². The van der Waals surface area contributed by atoms with Crippen LogP contribution in [0.5, 0.6) is 5.75 Å². The van der Waals surface area contributed by atoms with E-state index in [0.29, 0.717) is 28.6 Å². The topological polar surface area (TPSA) is 43.8 Å². The van der Waals surface area contributed by atoms with Crippen molar-refractivity contribution in [3.63, 3.8) is 0 Å². The summed E-state index contributed by atoms with van der Waals surface area (Å²) in [5.74, 6) is 0.836. The molecular weight excluding hydrogens is 428 g/mol. The van der Waals surface area contributed by atoms with Crippen LogP contribution >= 0.6 is 0 Å². The second-order valence-corrected chi connectivity index (χ2v) is 16.7. The molecule has 33 heavy (non-hydrogen) atoms. The number of ether oxygens (including phenoxy) is 2. The number of piperidine rings is 3. The predicted octanol–water partition coefficient (Wildman–Crippen LogP) is 6.30. The Morgan fingerprint density at radius 1 is 1.09 bits per heavy atom. The van der Waals surface area contributed by atoms with Crippen LogP contribution in [0.25, 0.3) is 10.9 Å². The molecule has 180 valence electrons. The summed E-state index contributed by atoms with van der Waals surface area (Å²) in [6, 6.07) is 8.69. The summed E-state index contributed by atoms with van der Waals surface area (Å²) in [6.45, 7) is 16.3. The molecule has 5 aliphatic heterocycles. The monoisotopic (exact) mass is 468 g/mol. The molecule has 1 aromatic carbocycles. The van der Waals surface area contributed by atoms with Crippen LogP contribution in [0.4, 0.5) is 0 Å². The molecule has 0 spiro atoms. The van der Waals surface area contributed by atoms with Gasteiger partial charge in [0.15, 0.2) is 5.79 Å². The summed E-state index contributed by atoms with van der Waals surface area (Å²) in [5.41, 5.74) is 3.81. The molecule has 1 unspecified atom stereocenters. The average molecular weight is 469 g/mol. The lowest BCUT2D eigenvalue weighted by Gasteiger charge is -2.65. The van der Waals surface area contributed by atoms with Gasteiger partial charge < -0.3 is 13.9 Å². The van der Waals surface area contributed by atoms with E-state index in [-0.39, 0.29) is 6.10 Å². The fourth-order valence-electron chi connectivity index (χ4n) is 7.38. The van der Waals surface area contributed by atoms with Gasteiger partial charge in [0, 0.05) is 23.5 Å². The predicted molar refractivity (Wildman–Crippen MR) is 135 cm³/mol. The SMILES string of the molecule is COc1ccc2nccc([C@@H]3O[C@@]4(O[Si](C(C)C)(C(C)C)C(C)C)CN5CC[C@H]4C[C@H]35)c2c1. The highest BCUT2D eigenvalue weighted by molar-refractivity contribution is 6.77. The molecule has 7 rings (SSSR count). The highest BCUT2D eigenvalue weighted by atomic mass is 28.4. The minimum Gasteiger partial charge on any atom is -0.497 e. The summed E-state index contributed by atoms with van der Waals surface area (Å²) in [5, 5.41) is 1.13. The number of rotatable bonds is 7. The van der Waals surface area contributed by atoms with Crippen molar-refractivity contribution in [3.05, 3.63) is 36.0 Å². The smallest absolute Gasteiger partial charge is 0.204 e. The van der Waals surface area contributed by atoms with E-state index >= 15 is 0 Å². The Hall–Kier alpha value is -1.47. The van der Waals surface area contributed by atoms with E-state index in [0.717, 1.165) is 36.2 Å². The number of aromatic nitrogens is 1. The first-order valence-electron chi connectivity index (χ1n) is 12.8. The zero-order chi connectivity index (χ0) is 23.5. The number of benzene rings is 1. The lowest BCUT2D eigenvalue weighted by Crippen LogP contribution is -2.74. The molecule has 5 nitrogen and oxygen atoms in total. The molecular formula is C27H40N2O3Si. The molecule has 0 aliphatic carbocycles. The molecule has 0 N–H and O–H groups in total. The Balaban J connectivity index is 1.59. The number of hydrogen-bond donors (Lipinski definition) is 0. The van der Waals surface area contributed by atoms with Gasteiger partial charge in [0.05, 0.1) is 19.2 Å². The minimum atomic E-state index is -2.10. The molecule has 2 aromatic rings. The van der Waals surface area contributed by atoms with Crippen molar-refractivity contribution in [2.75, 3.05) is 20.2 Å². The van der Waals surface area contributed by atoms with E-state index in [1.165, 1.54) is 12.0 Å². The van der Waals surface area contributed by atoms with E-state index in [2.05, 4.69) is 63.6 Å². The molecule has 5 saturated heterocycles. The second kappa shape index (κ2) is 8.33. The van der Waals surface area contributed by atoms with Crippen LogP contribution in [-0.2, 0) is 9.16 Å². The lowest BCUT2D eigenvalue weighted by atomic mass is 9.73. The third-order valence-corrected chi connectivity index (χ3v) is 14.9. The van der Waals surface area contributed by atoms with Gasteiger partial charge >= 0.3 is 0 Å². The highest BCUT2D eigenvalue weighted by Gasteiger charge is 2.64. The second-order valence-electron chi connectivity index (χ2n) is 11.3. The van der Waals surface area contributed by atoms with Crippen LogP contribution in [0.2, 0.25) is 16.6 Å². The summed E-state index contributed by atoms with van der Waals surface area (Å²) in [6.07, 6.45) is 4.24. The zero-order valence-corrected chi connectivity index (χ0v) is 22.3. The first kappa shape index (κ1) is 23.3. The summed E-state index contributed by atoms with van der Waals surface area (Å²) in [7, 11) is -0.384. The number of pyridine rings is 1. The van der Waals surface area contributed by atoms with Crippen molar-refractivity contribution >= 4 is 19.2 Å². The van der Waals surface area contributed by atoms with Crippen molar-refractivity contribution in [1.82, 2.24) is 9.88 Å². The van der Waals surface area contributed by atoms with Crippen LogP contribution in [0.3, 0.4) is 0 Å². The van der Waals surface area contributed by atoms with Crippen molar-refractivity contribution in [2.24, 2.45) is 5.92 Å². The van der Waals surface area contributed by atoms with Crippen molar-refractivity contribution in [1.29, 1.82) is 0 Å². The van der Waals surface area contributed by atoms with Crippen LogP contribution in [0, 0.1) is 5.92 Å². The molecule has 0 amide bonds. The van der Waals surface area contributed by atoms with E-state index in [1.54, 1.807) is 7.11 Å². The number of nitrogens with zero attached hydrogens (tertiary/aromatic N) is 2. The summed E-state index contributed by atoms with van der Waals surface area (Å²) < 4.78 is 20.2. The third-order valence-electron chi connectivity index (χ3n) is 8.83. The summed E-state index contributed by atoms with van der Waals surface area (Å²) >= 11 is 0. The van der Waals surface area contributed by atoms with E-state index in [1.807, 2.05) is 18.3 Å². The van der Waals surface area contributed by atoms with Crippen LogP contribution in [0.15, 0.2) is 30.5 Å². The number of hydrogen-bond acceptors (Lipinski definition) is 5. The maximum atomic E-state index is 7.52. The molecule has 0 radical (unpaired) electrons. The molecule has 6 heteroatoms. The van der Waals surface area contributed by atoms with Gasteiger partial charge in [0.1, 0.15) is 11.9 Å². The molecule has 5 fully saturated rings. The van der Waals surface area contributed by atoms with Gasteiger partial charge in [-0.05, 0) is 65.8 Å². The number of fused-ring (bicyclic) bond motifs is 3. The van der Waals surface area contributed by atoms with Gasteiger partial charge in [-0.25, -0.2) is 0 Å². The Bertz CT molecular complexity index is 1000. The van der Waals surface area contributed by atoms with Crippen LogP contribution < -0.4 is 4.74 Å². The van der Waals surface area contributed by atoms with Crippen molar-refractivity contribution in [3.8, 4) is 5.75 Å². The van der Waals surface area contributed by atoms with Crippen molar-refractivity contribution in [2.45, 2.75) is 88.9 Å². The van der Waals surface area contributed by atoms with Gasteiger partial charge in [-0.15, -0.1) is 0 Å². The Morgan fingerprint density at radius 2 is 1.82 bits per heavy atom. The molecule has 0 saturated carbocycles. The summed E-state index contributed by atoms with van der Waals surface area (Å²) in [4.78, 5) is 7.27.